The van der Waals surface area contributed by atoms with Crippen LogP contribution in [0.2, 0.25) is 0 Å². The number of hydrogen-bond acceptors (Lipinski definition) is 5. The van der Waals surface area contributed by atoms with Crippen LogP contribution in [-0.2, 0) is 22.9 Å². The van der Waals surface area contributed by atoms with Crippen LogP contribution in [0.1, 0.15) is 17.5 Å². The molecular formula is C14H17N3O2S2. The third kappa shape index (κ3) is 2.95. The summed E-state index contributed by atoms with van der Waals surface area (Å²) in [4.78, 5) is 6.26. The molecule has 0 saturated heterocycles. The number of primary sulfonamides is 1. The van der Waals surface area contributed by atoms with Gasteiger partial charge in [-0.1, -0.05) is 35.6 Å². The molecule has 0 bridgehead atoms. The van der Waals surface area contributed by atoms with Crippen molar-refractivity contribution in [2.45, 2.75) is 29.5 Å². The van der Waals surface area contributed by atoms with Gasteiger partial charge in [0.1, 0.15) is 0 Å². The molecule has 1 aliphatic rings. The standard InChI is InChI=1S/C14H17N3O2S2/c1-17(14-16-9-13(20-14)21(15,18)19)12-7-6-10-4-2-3-5-11(10)8-12/h2-5,9,12H,6-8H2,1H3,(H2,15,18,19)/t12-/m0/s1. The van der Waals surface area contributed by atoms with Gasteiger partial charge in [-0.25, -0.2) is 18.5 Å². The molecule has 2 N–H and O–H groups in total. The minimum atomic E-state index is -3.67. The van der Waals surface area contributed by atoms with Crippen LogP contribution in [0.3, 0.4) is 0 Å². The molecule has 5 nitrogen and oxygen atoms in total. The maximum Gasteiger partial charge on any atom is 0.249 e. The zero-order chi connectivity index (χ0) is 15.0. The van der Waals surface area contributed by atoms with Crippen molar-refractivity contribution in [1.29, 1.82) is 0 Å². The molecule has 21 heavy (non-hydrogen) atoms. The number of sulfonamides is 1. The van der Waals surface area contributed by atoms with Gasteiger partial charge >= 0.3 is 0 Å². The van der Waals surface area contributed by atoms with E-state index in [1.54, 1.807) is 0 Å². The third-order valence-electron chi connectivity index (χ3n) is 3.92. The largest absolute Gasteiger partial charge is 0.348 e. The van der Waals surface area contributed by atoms with Crippen LogP contribution >= 0.6 is 11.3 Å². The molecule has 3 rings (SSSR count). The summed E-state index contributed by atoms with van der Waals surface area (Å²) in [6, 6.07) is 8.80. The van der Waals surface area contributed by atoms with Crippen LogP contribution in [0.25, 0.3) is 0 Å². The molecule has 0 saturated carbocycles. The highest BCUT2D eigenvalue weighted by Crippen LogP contribution is 2.30. The quantitative estimate of drug-likeness (QED) is 0.934. The predicted octanol–water partition coefficient (Wildman–Crippen LogP) is 1.78. The van der Waals surface area contributed by atoms with Crippen molar-refractivity contribution in [3.63, 3.8) is 0 Å². The number of benzene rings is 1. The van der Waals surface area contributed by atoms with Crippen molar-refractivity contribution in [3.05, 3.63) is 41.6 Å². The maximum atomic E-state index is 11.3. The van der Waals surface area contributed by atoms with Crippen LogP contribution in [0.5, 0.6) is 0 Å². The number of rotatable bonds is 3. The summed E-state index contributed by atoms with van der Waals surface area (Å²) in [5.74, 6) is 0. The van der Waals surface area contributed by atoms with E-state index in [4.69, 9.17) is 5.14 Å². The average Bonchev–Trinajstić information content (AvgIpc) is 2.96. The van der Waals surface area contributed by atoms with E-state index in [-0.39, 0.29) is 4.21 Å². The zero-order valence-electron chi connectivity index (χ0n) is 11.7. The van der Waals surface area contributed by atoms with Crippen molar-refractivity contribution in [2.24, 2.45) is 5.14 Å². The van der Waals surface area contributed by atoms with Crippen LogP contribution in [-0.4, -0.2) is 26.5 Å². The Bertz CT molecular complexity index is 755. The number of fused-ring (bicyclic) bond motifs is 1. The van der Waals surface area contributed by atoms with E-state index < -0.39 is 10.0 Å². The number of likely N-dealkylation sites (N-methyl/N-ethyl adjacent to an activating group) is 1. The molecule has 1 aromatic carbocycles. The number of hydrogen-bond donors (Lipinski definition) is 1. The Kier molecular flexibility index (Phi) is 3.73. The molecule has 1 heterocycles. The van der Waals surface area contributed by atoms with Gasteiger partial charge < -0.3 is 4.90 Å². The van der Waals surface area contributed by atoms with Gasteiger partial charge in [-0.2, -0.15) is 0 Å². The van der Waals surface area contributed by atoms with Gasteiger partial charge in [0.2, 0.25) is 10.0 Å². The molecule has 7 heteroatoms. The Morgan fingerprint density at radius 3 is 2.71 bits per heavy atom. The highest BCUT2D eigenvalue weighted by atomic mass is 32.2. The van der Waals surface area contributed by atoms with Gasteiger partial charge in [-0.3, -0.25) is 0 Å². The third-order valence-corrected chi connectivity index (χ3v) is 6.42. The predicted molar refractivity (Wildman–Crippen MR) is 84.1 cm³/mol. The van der Waals surface area contributed by atoms with Gasteiger partial charge in [0.15, 0.2) is 9.34 Å². The van der Waals surface area contributed by atoms with E-state index in [0.717, 1.165) is 30.6 Å². The molecule has 112 valence electrons. The van der Waals surface area contributed by atoms with Crippen molar-refractivity contribution < 1.29 is 8.42 Å². The smallest absolute Gasteiger partial charge is 0.249 e. The summed E-state index contributed by atoms with van der Waals surface area (Å²) in [5.41, 5.74) is 2.77. The van der Waals surface area contributed by atoms with Crippen molar-refractivity contribution in [2.75, 3.05) is 11.9 Å². The summed E-state index contributed by atoms with van der Waals surface area (Å²) in [5, 5.41) is 5.83. The van der Waals surface area contributed by atoms with E-state index in [9.17, 15) is 8.42 Å². The highest BCUT2D eigenvalue weighted by molar-refractivity contribution is 7.91. The molecule has 0 radical (unpaired) electrons. The molecular weight excluding hydrogens is 306 g/mol. The first-order valence-corrected chi connectivity index (χ1v) is 9.09. The minimum Gasteiger partial charge on any atom is -0.348 e. The Morgan fingerprint density at radius 1 is 1.33 bits per heavy atom. The molecule has 1 atom stereocenters. The summed E-state index contributed by atoms with van der Waals surface area (Å²) in [6.45, 7) is 0. The van der Waals surface area contributed by atoms with Crippen LogP contribution in [0.15, 0.2) is 34.7 Å². The van der Waals surface area contributed by atoms with Crippen LogP contribution in [0.4, 0.5) is 5.13 Å². The molecule has 0 unspecified atom stereocenters. The molecule has 1 aromatic heterocycles. The summed E-state index contributed by atoms with van der Waals surface area (Å²) < 4.78 is 22.8. The summed E-state index contributed by atoms with van der Waals surface area (Å²) in [6.07, 6.45) is 4.37. The molecule has 2 aromatic rings. The number of aryl methyl sites for hydroxylation is 1. The fourth-order valence-electron chi connectivity index (χ4n) is 2.71. The van der Waals surface area contributed by atoms with E-state index in [1.807, 2.05) is 7.05 Å². The lowest BCUT2D eigenvalue weighted by Gasteiger charge is -2.32. The summed E-state index contributed by atoms with van der Waals surface area (Å²) >= 11 is 1.12. The molecule has 1 aliphatic carbocycles. The second kappa shape index (κ2) is 5.40. The highest BCUT2D eigenvalue weighted by Gasteiger charge is 2.24. The Labute approximate surface area is 128 Å². The first kappa shape index (κ1) is 14.5. The van der Waals surface area contributed by atoms with E-state index in [1.165, 1.54) is 17.3 Å². The average molecular weight is 323 g/mol. The lowest BCUT2D eigenvalue weighted by Crippen LogP contribution is -2.36. The Balaban J connectivity index is 1.81. The summed E-state index contributed by atoms with van der Waals surface area (Å²) in [7, 11) is -1.70. The second-order valence-corrected chi connectivity index (χ2v) is 8.08. The normalized spacial score (nSPS) is 18.3. The Morgan fingerprint density at radius 2 is 2.05 bits per heavy atom. The number of anilines is 1. The first-order chi connectivity index (χ1) is 9.95. The SMILES string of the molecule is CN(c1ncc(S(N)(=O)=O)s1)[C@H]1CCc2ccccc2C1. The van der Waals surface area contributed by atoms with Crippen molar-refractivity contribution in [3.8, 4) is 0 Å². The lowest BCUT2D eigenvalue weighted by atomic mass is 9.88. The molecule has 0 fully saturated rings. The first-order valence-electron chi connectivity index (χ1n) is 6.73. The van der Waals surface area contributed by atoms with E-state index in [2.05, 4.69) is 34.1 Å². The Hall–Kier alpha value is -1.44. The number of aromatic nitrogens is 1. The molecule has 0 spiro atoms. The molecule has 0 amide bonds. The van der Waals surface area contributed by atoms with Crippen LogP contribution < -0.4 is 10.0 Å². The van der Waals surface area contributed by atoms with Gasteiger partial charge in [0, 0.05) is 13.1 Å². The van der Waals surface area contributed by atoms with Gasteiger partial charge in [0.05, 0.1) is 6.20 Å². The van der Waals surface area contributed by atoms with Gasteiger partial charge in [0.25, 0.3) is 0 Å². The van der Waals surface area contributed by atoms with E-state index in [0.29, 0.717) is 11.2 Å². The number of nitrogens with two attached hydrogens (primary N) is 1. The lowest BCUT2D eigenvalue weighted by molar-refractivity contribution is 0.547. The fourth-order valence-corrected chi connectivity index (χ4v) is 4.28. The molecule has 0 aliphatic heterocycles. The van der Waals surface area contributed by atoms with Gasteiger partial charge in [-0.05, 0) is 30.4 Å². The van der Waals surface area contributed by atoms with Gasteiger partial charge in [-0.15, -0.1) is 0 Å². The topological polar surface area (TPSA) is 76.3 Å². The maximum absolute atomic E-state index is 11.3. The van der Waals surface area contributed by atoms with Crippen LogP contribution in [0, 0.1) is 0 Å². The second-order valence-electron chi connectivity index (χ2n) is 5.28. The number of nitrogens with zero attached hydrogens (tertiary/aromatic N) is 2. The van der Waals surface area contributed by atoms with E-state index >= 15 is 0 Å². The number of thiazole rings is 1. The fraction of sp³-hybridized carbons (Fsp3) is 0.357. The monoisotopic (exact) mass is 323 g/mol. The van der Waals surface area contributed by atoms with Crippen molar-refractivity contribution >= 4 is 26.5 Å². The minimum absolute atomic E-state index is 0.112. The van der Waals surface area contributed by atoms with Crippen molar-refractivity contribution in [1.82, 2.24) is 4.98 Å². The zero-order valence-corrected chi connectivity index (χ0v) is 13.3.